The molecule has 0 saturated heterocycles. The van der Waals surface area contributed by atoms with E-state index in [1.54, 1.807) is 0 Å². The average Bonchev–Trinajstić information content (AvgIpc) is 2.38. The number of nitrogens with one attached hydrogen (secondary N) is 1. The minimum absolute atomic E-state index is 0.116. The van der Waals surface area contributed by atoms with Crippen molar-refractivity contribution in [1.82, 2.24) is 5.43 Å². The predicted molar refractivity (Wildman–Crippen MR) is 78.3 cm³/mol. The molecule has 4 nitrogen and oxygen atoms in total. The van der Waals surface area contributed by atoms with Gasteiger partial charge in [-0.1, -0.05) is 42.5 Å². The highest BCUT2D eigenvalue weighted by molar-refractivity contribution is 7.90. The molecule has 0 fully saturated rings. The van der Waals surface area contributed by atoms with Gasteiger partial charge in [0.1, 0.15) is 9.84 Å². The van der Waals surface area contributed by atoms with E-state index in [0.717, 1.165) is 16.3 Å². The van der Waals surface area contributed by atoms with E-state index >= 15 is 0 Å². The lowest BCUT2D eigenvalue weighted by molar-refractivity contribution is 0.534. The Bertz CT molecular complexity index is 663. The molecule has 0 bridgehead atoms. The SMILES string of the molecule is CS(=O)(=O)CCC(NN)c1cccc2ccccc12. The second kappa shape index (κ2) is 5.69. The van der Waals surface area contributed by atoms with Crippen molar-refractivity contribution in [3.05, 3.63) is 48.0 Å². The van der Waals surface area contributed by atoms with E-state index in [4.69, 9.17) is 5.84 Å². The van der Waals surface area contributed by atoms with E-state index in [1.807, 2.05) is 42.5 Å². The smallest absolute Gasteiger partial charge is 0.147 e. The van der Waals surface area contributed by atoms with Crippen molar-refractivity contribution in [2.24, 2.45) is 5.84 Å². The van der Waals surface area contributed by atoms with E-state index in [0.29, 0.717) is 6.42 Å². The molecular weight excluding hydrogens is 260 g/mol. The predicted octanol–water partition coefficient (Wildman–Crippen LogP) is 1.78. The summed E-state index contributed by atoms with van der Waals surface area (Å²) in [6.45, 7) is 0. The molecule has 5 heteroatoms. The zero-order valence-corrected chi connectivity index (χ0v) is 11.7. The third-order valence-electron chi connectivity index (χ3n) is 3.18. The first-order chi connectivity index (χ1) is 9.01. The van der Waals surface area contributed by atoms with Crippen LogP contribution in [0.3, 0.4) is 0 Å². The van der Waals surface area contributed by atoms with Crippen LogP contribution in [0.4, 0.5) is 0 Å². The van der Waals surface area contributed by atoms with Gasteiger partial charge in [0.2, 0.25) is 0 Å². The first-order valence-corrected chi connectivity index (χ1v) is 8.19. The highest BCUT2D eigenvalue weighted by atomic mass is 32.2. The zero-order valence-electron chi connectivity index (χ0n) is 10.8. The fourth-order valence-electron chi connectivity index (χ4n) is 2.21. The molecule has 102 valence electrons. The van der Waals surface area contributed by atoms with Crippen LogP contribution in [0.25, 0.3) is 10.8 Å². The molecule has 2 aromatic carbocycles. The van der Waals surface area contributed by atoms with Crippen LogP contribution in [0.1, 0.15) is 18.0 Å². The number of benzene rings is 2. The van der Waals surface area contributed by atoms with Crippen LogP contribution in [0.2, 0.25) is 0 Å². The maximum Gasteiger partial charge on any atom is 0.147 e. The third-order valence-corrected chi connectivity index (χ3v) is 4.15. The minimum Gasteiger partial charge on any atom is -0.271 e. The molecule has 0 aromatic heterocycles. The Morgan fingerprint density at radius 3 is 2.53 bits per heavy atom. The molecule has 0 aliphatic carbocycles. The van der Waals surface area contributed by atoms with Crippen molar-refractivity contribution in [2.45, 2.75) is 12.5 Å². The number of nitrogens with two attached hydrogens (primary N) is 1. The first-order valence-electron chi connectivity index (χ1n) is 6.13. The van der Waals surface area contributed by atoms with Crippen LogP contribution in [0.15, 0.2) is 42.5 Å². The average molecular weight is 278 g/mol. The molecule has 1 unspecified atom stereocenters. The molecule has 0 radical (unpaired) electrons. The maximum atomic E-state index is 11.3. The van der Waals surface area contributed by atoms with Gasteiger partial charge in [-0.3, -0.25) is 11.3 Å². The number of hydrazine groups is 1. The van der Waals surface area contributed by atoms with E-state index in [2.05, 4.69) is 5.43 Å². The summed E-state index contributed by atoms with van der Waals surface area (Å²) in [5.41, 5.74) is 3.75. The normalized spacial score (nSPS) is 13.6. The van der Waals surface area contributed by atoms with Crippen molar-refractivity contribution in [3.8, 4) is 0 Å². The van der Waals surface area contributed by atoms with Crippen molar-refractivity contribution in [1.29, 1.82) is 0 Å². The van der Waals surface area contributed by atoms with Gasteiger partial charge in [-0.05, 0) is 22.8 Å². The topological polar surface area (TPSA) is 72.2 Å². The van der Waals surface area contributed by atoms with Crippen molar-refractivity contribution in [3.63, 3.8) is 0 Å². The number of sulfone groups is 1. The van der Waals surface area contributed by atoms with E-state index in [9.17, 15) is 8.42 Å². The lowest BCUT2D eigenvalue weighted by atomic mass is 9.98. The Morgan fingerprint density at radius 1 is 1.16 bits per heavy atom. The molecule has 0 heterocycles. The van der Waals surface area contributed by atoms with Gasteiger partial charge in [0, 0.05) is 12.3 Å². The number of fused-ring (bicyclic) bond motifs is 1. The molecule has 0 spiro atoms. The number of hydrogen-bond acceptors (Lipinski definition) is 4. The molecule has 1 atom stereocenters. The summed E-state index contributed by atoms with van der Waals surface area (Å²) >= 11 is 0. The second-order valence-electron chi connectivity index (χ2n) is 4.71. The summed E-state index contributed by atoms with van der Waals surface area (Å²) in [6.07, 6.45) is 1.70. The Kier molecular flexibility index (Phi) is 4.19. The Hall–Kier alpha value is -1.43. The number of rotatable bonds is 5. The van der Waals surface area contributed by atoms with Crippen LogP contribution in [0, 0.1) is 0 Å². The monoisotopic (exact) mass is 278 g/mol. The lowest BCUT2D eigenvalue weighted by Gasteiger charge is -2.18. The molecule has 0 amide bonds. The van der Waals surface area contributed by atoms with Crippen LogP contribution < -0.4 is 11.3 Å². The van der Waals surface area contributed by atoms with Crippen LogP contribution in [-0.4, -0.2) is 20.4 Å². The summed E-state index contributed by atoms with van der Waals surface area (Å²) in [5, 5.41) is 2.22. The van der Waals surface area contributed by atoms with Gasteiger partial charge in [0.25, 0.3) is 0 Å². The van der Waals surface area contributed by atoms with Crippen LogP contribution >= 0.6 is 0 Å². The van der Waals surface area contributed by atoms with Gasteiger partial charge >= 0.3 is 0 Å². The molecule has 0 saturated carbocycles. The van der Waals surface area contributed by atoms with Crippen LogP contribution in [0.5, 0.6) is 0 Å². The molecule has 0 aliphatic rings. The number of hydrogen-bond donors (Lipinski definition) is 2. The van der Waals surface area contributed by atoms with Gasteiger partial charge in [-0.25, -0.2) is 8.42 Å². The van der Waals surface area contributed by atoms with Crippen molar-refractivity contribution in [2.75, 3.05) is 12.0 Å². The lowest BCUT2D eigenvalue weighted by Crippen LogP contribution is -2.29. The van der Waals surface area contributed by atoms with Gasteiger partial charge in [0.15, 0.2) is 0 Å². The standard InChI is InChI=1S/C14H18N2O2S/c1-19(17,18)10-9-14(16-15)13-8-4-6-11-5-2-3-7-12(11)13/h2-8,14,16H,9-10,15H2,1H3. The van der Waals surface area contributed by atoms with E-state index in [-0.39, 0.29) is 11.8 Å². The fraction of sp³-hybridized carbons (Fsp3) is 0.286. The molecule has 3 N–H and O–H groups in total. The highest BCUT2D eigenvalue weighted by Gasteiger charge is 2.15. The van der Waals surface area contributed by atoms with E-state index in [1.165, 1.54) is 6.26 Å². The Morgan fingerprint density at radius 2 is 1.84 bits per heavy atom. The van der Waals surface area contributed by atoms with Crippen molar-refractivity contribution < 1.29 is 8.42 Å². The second-order valence-corrected chi connectivity index (χ2v) is 6.97. The Balaban J connectivity index is 2.35. The molecule has 2 rings (SSSR count). The van der Waals surface area contributed by atoms with Gasteiger partial charge in [-0.15, -0.1) is 0 Å². The summed E-state index contributed by atoms with van der Waals surface area (Å²) in [6, 6.07) is 13.8. The zero-order chi connectivity index (χ0) is 13.9. The molecule has 19 heavy (non-hydrogen) atoms. The summed E-state index contributed by atoms with van der Waals surface area (Å²) < 4.78 is 22.6. The first kappa shape index (κ1) is 14.0. The maximum absolute atomic E-state index is 11.3. The Labute approximate surface area is 113 Å². The summed E-state index contributed by atoms with van der Waals surface area (Å²) in [5.74, 6) is 5.70. The minimum atomic E-state index is -2.99. The molecule has 0 aliphatic heterocycles. The van der Waals surface area contributed by atoms with Crippen LogP contribution in [-0.2, 0) is 9.84 Å². The highest BCUT2D eigenvalue weighted by Crippen LogP contribution is 2.26. The third kappa shape index (κ3) is 3.53. The van der Waals surface area contributed by atoms with Crippen molar-refractivity contribution >= 4 is 20.6 Å². The largest absolute Gasteiger partial charge is 0.271 e. The summed E-state index contributed by atoms with van der Waals surface area (Å²) in [7, 11) is -2.99. The van der Waals surface area contributed by atoms with E-state index < -0.39 is 9.84 Å². The van der Waals surface area contributed by atoms with Gasteiger partial charge < -0.3 is 0 Å². The molecular formula is C14H18N2O2S. The quantitative estimate of drug-likeness (QED) is 0.646. The van der Waals surface area contributed by atoms with Gasteiger partial charge in [-0.2, -0.15) is 0 Å². The molecule has 2 aromatic rings. The fourth-order valence-corrected chi connectivity index (χ4v) is 2.88. The summed E-state index contributed by atoms with van der Waals surface area (Å²) in [4.78, 5) is 0. The van der Waals surface area contributed by atoms with Gasteiger partial charge in [0.05, 0.1) is 5.75 Å².